The van der Waals surface area contributed by atoms with Crippen molar-refractivity contribution < 1.29 is 0 Å². The second kappa shape index (κ2) is 11.7. The van der Waals surface area contributed by atoms with Crippen molar-refractivity contribution in [1.82, 2.24) is 0 Å². The van der Waals surface area contributed by atoms with Crippen LogP contribution in [0, 0.1) is 0 Å². The summed E-state index contributed by atoms with van der Waals surface area (Å²) in [4.78, 5) is 7.71. The summed E-state index contributed by atoms with van der Waals surface area (Å²) in [6.07, 6.45) is 5.55. The molecule has 8 aromatic carbocycles. The third kappa shape index (κ3) is 4.22. The maximum atomic E-state index is 2.58. The zero-order valence-corrected chi connectivity index (χ0v) is 30.3. The van der Waals surface area contributed by atoms with Crippen LogP contribution in [-0.4, -0.2) is 13.4 Å². The van der Waals surface area contributed by atoms with Gasteiger partial charge in [0.2, 0.25) is 13.4 Å². The van der Waals surface area contributed by atoms with E-state index >= 15 is 0 Å². The van der Waals surface area contributed by atoms with Crippen LogP contribution in [0.2, 0.25) is 0 Å². The Hall–Kier alpha value is -6.16. The minimum atomic E-state index is 0.0751. The fourth-order valence-electron chi connectivity index (χ4n) is 9.83. The van der Waals surface area contributed by atoms with Crippen LogP contribution in [0.1, 0.15) is 11.1 Å². The zero-order chi connectivity index (χ0) is 35.3. The largest absolute Gasteiger partial charge is 0.310 e. The lowest BCUT2D eigenvalue weighted by Gasteiger charge is -2.45. The highest BCUT2D eigenvalue weighted by molar-refractivity contribution is 8.00. The Kier molecular flexibility index (Phi) is 6.55. The minimum absolute atomic E-state index is 0.0751. The Balaban J connectivity index is 1.25. The van der Waals surface area contributed by atoms with Crippen molar-refractivity contribution in [3.05, 3.63) is 187 Å². The van der Waals surface area contributed by atoms with Gasteiger partial charge in [-0.3, -0.25) is 0 Å². The summed E-state index contributed by atoms with van der Waals surface area (Å²) in [5.74, 6) is 0. The van der Waals surface area contributed by atoms with E-state index in [1.807, 2.05) is 11.8 Å². The highest BCUT2D eigenvalue weighted by atomic mass is 32.2. The standard InChI is InChI=1S/C49H32B2N2S/c1-3-18-34(19-4-1)50-37-23-7-8-24-38(37)51-39-25-9-10-26-42(39)52(35-20-5-2-6-21-35)48-47(51)40(50)31-44-49(48)54-45-28-12-11-27-43(45)53(44)41-30-29-33-16-13-15-32-17-14-22-36(41)46(32)33/h1-14,16-31H,15H2. The van der Waals surface area contributed by atoms with Crippen LogP contribution in [0.15, 0.2) is 186 Å². The first-order chi connectivity index (χ1) is 26.8. The van der Waals surface area contributed by atoms with Crippen molar-refractivity contribution in [1.29, 1.82) is 0 Å². The fraction of sp³-hybridized carbons (Fsp3) is 0.0204. The van der Waals surface area contributed by atoms with Gasteiger partial charge in [0.25, 0.3) is 0 Å². The van der Waals surface area contributed by atoms with Crippen LogP contribution in [0.25, 0.3) is 16.8 Å². The Morgan fingerprint density at radius 3 is 2.04 bits per heavy atom. The molecule has 0 spiro atoms. The Morgan fingerprint density at radius 1 is 0.500 bits per heavy atom. The Bertz CT molecular complexity index is 2860. The molecule has 0 amide bonds. The first kappa shape index (κ1) is 30.3. The van der Waals surface area contributed by atoms with Crippen molar-refractivity contribution in [3.63, 3.8) is 0 Å². The molecule has 250 valence electrons. The molecule has 0 saturated heterocycles. The lowest BCUT2D eigenvalue weighted by molar-refractivity contribution is 1.15. The van der Waals surface area contributed by atoms with Gasteiger partial charge in [0.1, 0.15) is 0 Å². The van der Waals surface area contributed by atoms with Gasteiger partial charge >= 0.3 is 0 Å². The minimum Gasteiger partial charge on any atom is -0.310 e. The normalized spacial score (nSPS) is 14.3. The van der Waals surface area contributed by atoms with E-state index in [0.717, 1.165) is 6.42 Å². The van der Waals surface area contributed by atoms with Gasteiger partial charge in [0, 0.05) is 21.7 Å². The molecule has 0 aromatic heterocycles. The zero-order valence-electron chi connectivity index (χ0n) is 29.5. The maximum Gasteiger partial charge on any atom is 0.245 e. The molecule has 0 atom stereocenters. The SMILES string of the molecule is C1=Cc2ccc(N3c4ccccc4Sc4c3cc3c5c4N(c4ccccc4)c4ccccc4B5c4ccccc4B3c3ccccc3)c3cccc(c23)C1. The summed E-state index contributed by atoms with van der Waals surface area (Å²) in [7, 11) is 0. The second-order valence-corrected chi connectivity index (χ2v) is 15.8. The molecule has 0 N–H and O–H groups in total. The molecule has 3 aliphatic heterocycles. The molecule has 0 fully saturated rings. The van der Waals surface area contributed by atoms with Gasteiger partial charge in [-0.25, -0.2) is 0 Å². The fourth-order valence-corrected chi connectivity index (χ4v) is 11.0. The number of anilines is 6. The number of rotatable bonds is 3. The molecule has 0 bridgehead atoms. The highest BCUT2D eigenvalue weighted by Gasteiger charge is 2.47. The molecule has 12 rings (SSSR count). The van der Waals surface area contributed by atoms with Crippen LogP contribution in [0.4, 0.5) is 34.1 Å². The average molecular weight is 702 g/mol. The number of nitrogens with zero attached hydrogens (tertiary/aromatic N) is 2. The van der Waals surface area contributed by atoms with Crippen LogP contribution in [0.5, 0.6) is 0 Å². The van der Waals surface area contributed by atoms with Crippen LogP contribution in [0.3, 0.4) is 0 Å². The molecule has 5 heteroatoms. The molecule has 2 nitrogen and oxygen atoms in total. The molecule has 8 aromatic rings. The predicted molar refractivity (Wildman–Crippen MR) is 232 cm³/mol. The third-order valence-electron chi connectivity index (χ3n) is 12.0. The topological polar surface area (TPSA) is 6.48 Å². The first-order valence-electron chi connectivity index (χ1n) is 18.9. The summed E-state index contributed by atoms with van der Waals surface area (Å²) < 4.78 is 0. The molecule has 0 saturated carbocycles. The number of allylic oxidation sites excluding steroid dienone is 1. The van der Waals surface area contributed by atoms with E-state index in [0.29, 0.717) is 0 Å². The summed E-state index contributed by atoms with van der Waals surface area (Å²) in [5, 5.41) is 2.66. The predicted octanol–water partition coefficient (Wildman–Crippen LogP) is 8.47. The molecular formula is C49H32B2N2S. The number of para-hydroxylation sites is 3. The van der Waals surface area contributed by atoms with Crippen LogP contribution < -0.4 is 42.6 Å². The van der Waals surface area contributed by atoms with Crippen molar-refractivity contribution in [2.75, 3.05) is 9.80 Å². The first-order valence-corrected chi connectivity index (χ1v) is 19.7. The van der Waals surface area contributed by atoms with E-state index < -0.39 is 0 Å². The second-order valence-electron chi connectivity index (χ2n) is 14.7. The number of benzene rings is 8. The molecule has 3 heterocycles. The molecule has 4 aliphatic rings. The molecule has 0 radical (unpaired) electrons. The average Bonchev–Trinajstić information content (AvgIpc) is 3.24. The van der Waals surface area contributed by atoms with Crippen LogP contribution >= 0.6 is 11.8 Å². The van der Waals surface area contributed by atoms with Crippen molar-refractivity contribution in [2.45, 2.75) is 16.2 Å². The van der Waals surface area contributed by atoms with Gasteiger partial charge in [-0.2, -0.15) is 0 Å². The lowest BCUT2D eigenvalue weighted by Crippen LogP contribution is -2.76. The van der Waals surface area contributed by atoms with Gasteiger partial charge < -0.3 is 9.80 Å². The molecule has 1 aliphatic carbocycles. The van der Waals surface area contributed by atoms with E-state index in [1.165, 1.54) is 98.6 Å². The smallest absolute Gasteiger partial charge is 0.245 e. The molecule has 0 unspecified atom stereocenters. The number of hydrogen-bond donors (Lipinski definition) is 0. The van der Waals surface area contributed by atoms with E-state index in [9.17, 15) is 0 Å². The van der Waals surface area contributed by atoms with E-state index in [4.69, 9.17) is 0 Å². The monoisotopic (exact) mass is 702 g/mol. The van der Waals surface area contributed by atoms with Crippen molar-refractivity contribution in [2.24, 2.45) is 0 Å². The molecular weight excluding hydrogens is 670 g/mol. The van der Waals surface area contributed by atoms with Crippen molar-refractivity contribution in [3.8, 4) is 0 Å². The Labute approximate surface area is 320 Å². The third-order valence-corrected chi connectivity index (χ3v) is 13.1. The Morgan fingerprint density at radius 2 is 1.20 bits per heavy atom. The quantitative estimate of drug-likeness (QED) is 0.171. The number of fused-ring (bicyclic) bond motifs is 7. The van der Waals surface area contributed by atoms with Gasteiger partial charge in [-0.05, 0) is 76.3 Å². The summed E-state index contributed by atoms with van der Waals surface area (Å²) in [6, 6.07) is 63.6. The van der Waals surface area contributed by atoms with Crippen molar-refractivity contribution >= 4 is 109 Å². The number of hydrogen-bond acceptors (Lipinski definition) is 3. The van der Waals surface area contributed by atoms with Crippen LogP contribution in [-0.2, 0) is 6.42 Å². The maximum absolute atomic E-state index is 2.58. The van der Waals surface area contributed by atoms with E-state index in [1.54, 1.807) is 0 Å². The molecule has 54 heavy (non-hydrogen) atoms. The van der Waals surface area contributed by atoms with Gasteiger partial charge in [0.15, 0.2) is 0 Å². The van der Waals surface area contributed by atoms with E-state index in [-0.39, 0.29) is 13.4 Å². The lowest BCUT2D eigenvalue weighted by atomic mass is 9.20. The van der Waals surface area contributed by atoms with Gasteiger partial charge in [-0.1, -0.05) is 173 Å². The van der Waals surface area contributed by atoms with E-state index in [2.05, 4.69) is 192 Å². The highest BCUT2D eigenvalue weighted by Crippen LogP contribution is 2.57. The van der Waals surface area contributed by atoms with Gasteiger partial charge in [0.05, 0.1) is 27.6 Å². The summed E-state index contributed by atoms with van der Waals surface area (Å²) in [6.45, 7) is 0.178. The van der Waals surface area contributed by atoms with Gasteiger partial charge in [-0.15, -0.1) is 0 Å². The summed E-state index contributed by atoms with van der Waals surface area (Å²) >= 11 is 1.93. The summed E-state index contributed by atoms with van der Waals surface area (Å²) in [5.41, 5.74) is 18.3.